The molecule has 2 aliphatic heterocycles. The highest BCUT2D eigenvalue weighted by Gasteiger charge is 2.59. The van der Waals surface area contributed by atoms with Crippen LogP contribution in [0.25, 0.3) is 0 Å². The lowest BCUT2D eigenvalue weighted by atomic mass is 10.0. The first-order valence-electron chi connectivity index (χ1n) is 8.36. The largest absolute Gasteiger partial charge is 0.490 e. The van der Waals surface area contributed by atoms with Crippen molar-refractivity contribution in [2.75, 3.05) is 6.61 Å². The van der Waals surface area contributed by atoms with Gasteiger partial charge in [-0.25, -0.2) is 23.7 Å². The molecule has 184 valence electrons. The third kappa shape index (κ3) is 6.44. The van der Waals surface area contributed by atoms with Crippen molar-refractivity contribution in [1.82, 2.24) is 5.01 Å². The molecule has 0 aromatic heterocycles. The Hall–Kier alpha value is -1.73. The molecule has 2 rings (SSSR count). The summed E-state index contributed by atoms with van der Waals surface area (Å²) in [4.78, 5) is 39.5. The van der Waals surface area contributed by atoms with Gasteiger partial charge in [0.25, 0.3) is 5.72 Å². The van der Waals surface area contributed by atoms with E-state index in [4.69, 9.17) is 31.6 Å². The van der Waals surface area contributed by atoms with Gasteiger partial charge in [-0.05, 0) is 12.0 Å². The molecule has 6 atom stereocenters. The van der Waals surface area contributed by atoms with Crippen molar-refractivity contribution in [2.24, 2.45) is 15.8 Å². The summed E-state index contributed by atoms with van der Waals surface area (Å²) in [7, 11) is -16.9. The van der Waals surface area contributed by atoms with Crippen molar-refractivity contribution in [3.63, 3.8) is 0 Å². The van der Waals surface area contributed by atoms with Crippen molar-refractivity contribution in [3.8, 4) is 12.3 Å². The summed E-state index contributed by atoms with van der Waals surface area (Å²) in [6.45, 7) is 2.41. The number of nitrogens with two attached hydrogens (primary N) is 1. The van der Waals surface area contributed by atoms with Gasteiger partial charge in [-0.3, -0.25) is 4.52 Å². The fraction of sp³-hybridized carbons (Fsp3) is 0.385. The van der Waals surface area contributed by atoms with Crippen LogP contribution in [0.4, 0.5) is 0 Å². The van der Waals surface area contributed by atoms with E-state index in [2.05, 4.69) is 35.7 Å². The molecular formula is C13H19N4O13P3. The summed E-state index contributed by atoms with van der Waals surface area (Å²) in [5, 5.41) is 25.7. The van der Waals surface area contributed by atoms with Crippen LogP contribution < -0.4 is 5.73 Å². The fourth-order valence-electron chi connectivity index (χ4n) is 2.67. The quantitative estimate of drug-likeness (QED) is 0.131. The molecule has 1 fully saturated rings. The van der Waals surface area contributed by atoms with E-state index >= 15 is 0 Å². The van der Waals surface area contributed by atoms with Crippen LogP contribution in [0.1, 0.15) is 0 Å². The van der Waals surface area contributed by atoms with Gasteiger partial charge in [-0.2, -0.15) is 13.7 Å². The normalized spacial score (nSPS) is 32.6. The second-order valence-corrected chi connectivity index (χ2v) is 10.6. The summed E-state index contributed by atoms with van der Waals surface area (Å²) in [6, 6.07) is 0. The monoisotopic (exact) mass is 532 g/mol. The van der Waals surface area contributed by atoms with Crippen LogP contribution in [0.2, 0.25) is 0 Å². The molecule has 8 N–H and O–H groups in total. The van der Waals surface area contributed by atoms with E-state index in [9.17, 15) is 28.8 Å². The van der Waals surface area contributed by atoms with Gasteiger partial charge in [0.15, 0.2) is 5.84 Å². The highest BCUT2D eigenvalue weighted by atomic mass is 31.3. The molecule has 0 bridgehead atoms. The number of phosphoric ester groups is 1. The van der Waals surface area contributed by atoms with Crippen LogP contribution in [0, 0.1) is 12.3 Å². The van der Waals surface area contributed by atoms with Crippen LogP contribution in [-0.4, -0.2) is 77.6 Å². The molecule has 0 aromatic carbocycles. The van der Waals surface area contributed by atoms with Crippen LogP contribution in [0.15, 0.2) is 34.5 Å². The average molecular weight is 532 g/mol. The predicted molar refractivity (Wildman–Crippen MR) is 109 cm³/mol. The summed E-state index contributed by atoms with van der Waals surface area (Å²) in [6.07, 6.45) is 3.67. The summed E-state index contributed by atoms with van der Waals surface area (Å²) >= 11 is 0. The van der Waals surface area contributed by atoms with E-state index in [1.54, 1.807) is 0 Å². The molecule has 0 spiro atoms. The van der Waals surface area contributed by atoms with Gasteiger partial charge < -0.3 is 40.3 Å². The zero-order valence-corrected chi connectivity index (χ0v) is 18.9. The number of terminal acetylenes is 1. The maximum absolute atomic E-state index is 11.9. The molecule has 2 unspecified atom stereocenters. The first-order valence-corrected chi connectivity index (χ1v) is 12.9. The Labute approximate surface area is 185 Å². The topological polar surface area (TPSA) is 263 Å². The number of hydrogen-bond donors (Lipinski definition) is 7. The number of hydrazone groups is 1. The number of allylic oxidation sites excluding steroid dienone is 2. The van der Waals surface area contributed by atoms with E-state index in [0.717, 1.165) is 11.3 Å². The van der Waals surface area contributed by atoms with Gasteiger partial charge in [0, 0.05) is 0 Å². The Kier molecular flexibility index (Phi) is 8.23. The van der Waals surface area contributed by atoms with Crippen LogP contribution in [-0.2, 0) is 31.6 Å². The standard InChI is InChI=1S/C13H19N4O13P3/c1-3-5-8-12(14)15-7-16-17(8)13(4-2)11(19)10(18)9(28-13)6-27-32(23,24)30-33(25,26)29-31(20,21)22/h2-3,5,7,9-11,18-19H,1,6H2,(H,23,24)(H,25,26)(H2,14,15,16)(H2,20,21,22)/b8-5-/t9-,10-,11-,13-/m1/s1. The molecule has 2 aliphatic rings. The number of hydrogen-bond acceptors (Lipinski definition) is 13. The van der Waals surface area contributed by atoms with Gasteiger partial charge in [-0.15, -0.1) is 6.42 Å². The Balaban J connectivity index is 2.21. The number of aliphatic imine (C=N–C) groups is 1. The molecule has 33 heavy (non-hydrogen) atoms. The van der Waals surface area contributed by atoms with Gasteiger partial charge in [-0.1, -0.05) is 12.7 Å². The SMILES string of the molecule is C#C[C@@]1(N2N=CN=C(N)/C2=C/C=C)O[C@H](COP(=O)(O)OP(=O)(O)OP(=O)(O)O)[C@@H](O)[C@H]1O. The number of rotatable bonds is 9. The van der Waals surface area contributed by atoms with Crippen molar-refractivity contribution >= 4 is 35.6 Å². The number of amidine groups is 1. The molecule has 0 radical (unpaired) electrons. The molecule has 0 amide bonds. The molecule has 2 heterocycles. The van der Waals surface area contributed by atoms with Gasteiger partial charge in [0.05, 0.1) is 6.61 Å². The van der Waals surface area contributed by atoms with Crippen molar-refractivity contribution in [3.05, 3.63) is 24.4 Å². The molecule has 20 heteroatoms. The molecule has 0 saturated carbocycles. The van der Waals surface area contributed by atoms with E-state index in [-0.39, 0.29) is 11.5 Å². The Morgan fingerprint density at radius 2 is 1.91 bits per heavy atom. The fourth-order valence-corrected chi connectivity index (χ4v) is 5.70. The van der Waals surface area contributed by atoms with Gasteiger partial charge in [0.2, 0.25) is 0 Å². The zero-order chi connectivity index (χ0) is 25.2. The molecule has 0 aromatic rings. The van der Waals surface area contributed by atoms with Crippen LogP contribution in [0.3, 0.4) is 0 Å². The first kappa shape index (κ1) is 27.5. The minimum Gasteiger partial charge on any atom is -0.387 e. The molecular weight excluding hydrogens is 513 g/mol. The number of aliphatic hydroxyl groups is 2. The van der Waals surface area contributed by atoms with Gasteiger partial charge >= 0.3 is 23.5 Å². The number of nitrogens with zero attached hydrogens (tertiary/aromatic N) is 3. The van der Waals surface area contributed by atoms with Crippen molar-refractivity contribution in [1.29, 1.82) is 0 Å². The zero-order valence-electron chi connectivity index (χ0n) is 16.3. The lowest BCUT2D eigenvalue weighted by Crippen LogP contribution is -2.55. The molecule has 17 nitrogen and oxygen atoms in total. The van der Waals surface area contributed by atoms with Crippen LogP contribution in [0.5, 0.6) is 0 Å². The minimum absolute atomic E-state index is 0.0187. The maximum Gasteiger partial charge on any atom is 0.490 e. The highest BCUT2D eigenvalue weighted by Crippen LogP contribution is 2.66. The van der Waals surface area contributed by atoms with E-state index in [1.807, 2.05) is 0 Å². The average Bonchev–Trinajstić information content (AvgIpc) is 2.91. The second-order valence-electron chi connectivity index (χ2n) is 6.16. The highest BCUT2D eigenvalue weighted by molar-refractivity contribution is 7.66. The molecule has 1 saturated heterocycles. The van der Waals surface area contributed by atoms with E-state index < -0.39 is 54.1 Å². The summed E-state index contributed by atoms with van der Waals surface area (Å²) < 4.78 is 51.0. The van der Waals surface area contributed by atoms with Gasteiger partial charge in [0.1, 0.15) is 30.3 Å². The first-order chi connectivity index (χ1) is 15.1. The number of aliphatic hydroxyl groups excluding tert-OH is 2. The van der Waals surface area contributed by atoms with Crippen molar-refractivity contribution in [2.45, 2.75) is 24.0 Å². The van der Waals surface area contributed by atoms with Crippen LogP contribution >= 0.6 is 23.5 Å². The summed E-state index contributed by atoms with van der Waals surface area (Å²) in [5.74, 6) is 2.00. The Morgan fingerprint density at radius 1 is 1.27 bits per heavy atom. The summed E-state index contributed by atoms with van der Waals surface area (Å²) in [5.41, 5.74) is 3.57. The lowest BCUT2D eigenvalue weighted by Gasteiger charge is -2.38. The van der Waals surface area contributed by atoms with E-state index in [1.165, 1.54) is 12.2 Å². The predicted octanol–water partition coefficient (Wildman–Crippen LogP) is -1.53. The minimum atomic E-state index is -5.76. The Morgan fingerprint density at radius 3 is 2.45 bits per heavy atom. The lowest BCUT2D eigenvalue weighted by molar-refractivity contribution is -0.133. The smallest absolute Gasteiger partial charge is 0.387 e. The van der Waals surface area contributed by atoms with E-state index in [0.29, 0.717) is 0 Å². The van der Waals surface area contributed by atoms with Crippen molar-refractivity contribution < 1.29 is 61.4 Å². The molecule has 0 aliphatic carbocycles. The third-order valence-electron chi connectivity index (χ3n) is 3.91. The number of ether oxygens (including phenoxy) is 1. The maximum atomic E-state index is 11.9. The third-order valence-corrected chi connectivity index (χ3v) is 7.71. The Bertz CT molecular complexity index is 1060. The number of phosphoric acid groups is 3. The second kappa shape index (κ2) is 9.87.